The molecule has 1 aliphatic rings. The molecule has 2 amide bonds. The first-order valence-corrected chi connectivity index (χ1v) is 8.26. The van der Waals surface area contributed by atoms with Crippen LogP contribution in [0.4, 0.5) is 19.3 Å². The third-order valence-electron chi connectivity index (χ3n) is 3.67. The summed E-state index contributed by atoms with van der Waals surface area (Å²) in [6.07, 6.45) is 1.54. The average Bonchev–Trinajstić information content (AvgIpc) is 2.84. The lowest BCUT2D eigenvalue weighted by Gasteiger charge is -2.16. The number of carbonyl (C=O) groups excluding carboxylic acids is 2. The van der Waals surface area contributed by atoms with Gasteiger partial charge in [0.15, 0.2) is 0 Å². The van der Waals surface area contributed by atoms with E-state index in [2.05, 4.69) is 5.32 Å². The number of thioether (sulfide) groups is 1. The van der Waals surface area contributed by atoms with E-state index in [1.807, 2.05) is 0 Å². The van der Waals surface area contributed by atoms with Crippen molar-refractivity contribution in [2.24, 2.45) is 0 Å². The fourth-order valence-corrected chi connectivity index (χ4v) is 3.13. The molecule has 0 spiro atoms. The number of benzene rings is 2. The second kappa shape index (κ2) is 7.06. The minimum Gasteiger partial charge on any atom is -0.367 e. The van der Waals surface area contributed by atoms with Crippen molar-refractivity contribution in [2.75, 3.05) is 12.0 Å². The van der Waals surface area contributed by atoms with Crippen molar-refractivity contribution in [3.8, 4) is 0 Å². The number of halogens is 2. The molecule has 0 aliphatic carbocycles. The van der Waals surface area contributed by atoms with Gasteiger partial charge in [-0.1, -0.05) is 18.2 Å². The summed E-state index contributed by atoms with van der Waals surface area (Å²) in [6, 6.07) is 9.87. The molecule has 2 aromatic rings. The number of amides is 2. The first-order chi connectivity index (χ1) is 11.9. The van der Waals surface area contributed by atoms with E-state index in [0.29, 0.717) is 11.3 Å². The molecule has 4 nitrogen and oxygen atoms in total. The molecule has 3 rings (SSSR count). The number of carbonyl (C=O) groups is 2. The van der Waals surface area contributed by atoms with Crippen molar-refractivity contribution in [1.82, 2.24) is 4.90 Å². The molecule has 0 radical (unpaired) electrons. The summed E-state index contributed by atoms with van der Waals surface area (Å²) in [7, 11) is 0. The average molecular weight is 360 g/mol. The van der Waals surface area contributed by atoms with Crippen LogP contribution >= 0.6 is 11.8 Å². The Kier molecular flexibility index (Phi) is 4.85. The Hall–Kier alpha value is -2.67. The summed E-state index contributed by atoms with van der Waals surface area (Å²) in [5, 5.41) is 2.49. The van der Waals surface area contributed by atoms with Crippen molar-refractivity contribution in [2.45, 2.75) is 6.92 Å². The van der Waals surface area contributed by atoms with Crippen LogP contribution in [0.3, 0.4) is 0 Å². The molecule has 7 heteroatoms. The minimum absolute atomic E-state index is 0.0598. The number of aryl methyl sites for hydroxylation is 1. The van der Waals surface area contributed by atoms with Gasteiger partial charge >= 0.3 is 0 Å². The summed E-state index contributed by atoms with van der Waals surface area (Å²) >= 11 is 0.814. The van der Waals surface area contributed by atoms with Crippen LogP contribution in [0.15, 0.2) is 47.4 Å². The Morgan fingerprint density at radius 2 is 1.76 bits per heavy atom. The molecule has 0 unspecified atom stereocenters. The topological polar surface area (TPSA) is 49.4 Å². The smallest absolute Gasteiger partial charge is 0.295 e. The highest BCUT2D eigenvalue weighted by Crippen LogP contribution is 2.32. The summed E-state index contributed by atoms with van der Waals surface area (Å²) in [5.74, 6) is -1.22. The van der Waals surface area contributed by atoms with Crippen LogP contribution in [0.1, 0.15) is 11.1 Å². The van der Waals surface area contributed by atoms with E-state index in [-0.39, 0.29) is 17.4 Å². The number of anilines is 1. The highest BCUT2D eigenvalue weighted by atomic mass is 32.2. The van der Waals surface area contributed by atoms with Crippen LogP contribution in [0.5, 0.6) is 0 Å². The van der Waals surface area contributed by atoms with E-state index >= 15 is 0 Å². The maximum atomic E-state index is 13.3. The van der Waals surface area contributed by atoms with Gasteiger partial charge < -0.3 is 5.32 Å². The molecule has 1 fully saturated rings. The van der Waals surface area contributed by atoms with Crippen LogP contribution in [0.2, 0.25) is 0 Å². The first kappa shape index (κ1) is 17.2. The zero-order valence-corrected chi connectivity index (χ0v) is 14.1. The fraction of sp³-hybridized carbons (Fsp3) is 0.111. The molecule has 1 heterocycles. The van der Waals surface area contributed by atoms with Crippen LogP contribution < -0.4 is 5.32 Å². The van der Waals surface area contributed by atoms with Crippen molar-refractivity contribution < 1.29 is 18.4 Å². The molecule has 25 heavy (non-hydrogen) atoms. The molecule has 1 aliphatic heterocycles. The highest BCUT2D eigenvalue weighted by Gasteiger charge is 2.34. The van der Waals surface area contributed by atoms with Crippen LogP contribution in [0, 0.1) is 18.6 Å². The SMILES string of the molecule is Cc1ccc(F)cc1NCN1C(=O)S/C(=C/c2ccc(F)cc2)C1=O. The van der Waals surface area contributed by atoms with Gasteiger partial charge in [0, 0.05) is 5.69 Å². The Morgan fingerprint density at radius 1 is 1.08 bits per heavy atom. The number of nitrogens with one attached hydrogen (secondary N) is 1. The summed E-state index contributed by atoms with van der Waals surface area (Å²) < 4.78 is 26.2. The number of hydrogen-bond donors (Lipinski definition) is 1. The molecule has 0 atom stereocenters. The standard InChI is InChI=1S/C18H14F2N2O2S/c1-11-2-5-14(20)9-15(11)21-10-22-17(23)16(25-18(22)24)8-12-3-6-13(19)7-4-12/h2-9,21H,10H2,1H3/b16-8+. The fourth-order valence-electron chi connectivity index (χ4n) is 2.30. The number of rotatable bonds is 4. The van der Waals surface area contributed by atoms with Crippen molar-refractivity contribution >= 4 is 34.7 Å². The van der Waals surface area contributed by atoms with Gasteiger partial charge in [0.2, 0.25) is 0 Å². The van der Waals surface area contributed by atoms with E-state index in [4.69, 9.17) is 0 Å². The summed E-state index contributed by atoms with van der Waals surface area (Å²) in [6.45, 7) is 1.74. The molecule has 1 N–H and O–H groups in total. The first-order valence-electron chi connectivity index (χ1n) is 7.45. The van der Waals surface area contributed by atoms with Gasteiger partial charge in [-0.3, -0.25) is 14.5 Å². The van der Waals surface area contributed by atoms with E-state index in [1.54, 1.807) is 13.0 Å². The van der Waals surface area contributed by atoms with Crippen molar-refractivity contribution in [1.29, 1.82) is 0 Å². The highest BCUT2D eigenvalue weighted by molar-refractivity contribution is 8.18. The second-order valence-corrected chi connectivity index (χ2v) is 6.45. The summed E-state index contributed by atoms with van der Waals surface area (Å²) in [5.41, 5.74) is 1.94. The number of imide groups is 1. The normalized spacial score (nSPS) is 16.0. The van der Waals surface area contributed by atoms with E-state index in [9.17, 15) is 18.4 Å². The number of nitrogens with zero attached hydrogens (tertiary/aromatic N) is 1. The van der Waals surface area contributed by atoms with Gasteiger partial charge in [0.1, 0.15) is 11.6 Å². The zero-order valence-electron chi connectivity index (χ0n) is 13.3. The van der Waals surface area contributed by atoms with E-state index in [1.165, 1.54) is 42.5 Å². The lowest BCUT2D eigenvalue weighted by atomic mass is 10.2. The van der Waals surface area contributed by atoms with Gasteiger partial charge in [0.25, 0.3) is 11.1 Å². The van der Waals surface area contributed by atoms with E-state index < -0.39 is 17.0 Å². The monoisotopic (exact) mass is 360 g/mol. The molecule has 0 bridgehead atoms. The van der Waals surface area contributed by atoms with Gasteiger partial charge in [0.05, 0.1) is 11.6 Å². The molecule has 2 aromatic carbocycles. The molecular weight excluding hydrogens is 346 g/mol. The predicted molar refractivity (Wildman–Crippen MR) is 93.8 cm³/mol. The van der Waals surface area contributed by atoms with Crippen LogP contribution in [-0.4, -0.2) is 22.7 Å². The van der Waals surface area contributed by atoms with Crippen LogP contribution in [0.25, 0.3) is 6.08 Å². The molecular formula is C18H14F2N2O2S. The lowest BCUT2D eigenvalue weighted by Crippen LogP contribution is -2.33. The quantitative estimate of drug-likeness (QED) is 0.822. The molecule has 0 saturated carbocycles. The zero-order chi connectivity index (χ0) is 18.0. The Bertz CT molecular complexity index is 866. The lowest BCUT2D eigenvalue weighted by molar-refractivity contribution is -0.122. The van der Waals surface area contributed by atoms with Crippen LogP contribution in [-0.2, 0) is 4.79 Å². The maximum absolute atomic E-state index is 13.3. The minimum atomic E-state index is -0.444. The Morgan fingerprint density at radius 3 is 2.48 bits per heavy atom. The third kappa shape index (κ3) is 3.88. The molecule has 128 valence electrons. The summed E-state index contributed by atoms with van der Waals surface area (Å²) in [4.78, 5) is 25.8. The molecule has 0 aromatic heterocycles. The van der Waals surface area contributed by atoms with Crippen molar-refractivity contribution in [3.05, 3.63) is 70.1 Å². The Labute approximate surface area is 147 Å². The largest absolute Gasteiger partial charge is 0.367 e. The third-order valence-corrected chi connectivity index (χ3v) is 4.58. The molecule has 1 saturated heterocycles. The van der Waals surface area contributed by atoms with Gasteiger partial charge in [-0.25, -0.2) is 8.78 Å². The maximum Gasteiger partial charge on any atom is 0.295 e. The van der Waals surface area contributed by atoms with Gasteiger partial charge in [-0.15, -0.1) is 0 Å². The van der Waals surface area contributed by atoms with Gasteiger partial charge in [-0.05, 0) is 60.2 Å². The number of hydrogen-bond acceptors (Lipinski definition) is 4. The second-order valence-electron chi connectivity index (χ2n) is 5.46. The predicted octanol–water partition coefficient (Wildman–Crippen LogP) is 4.38. The van der Waals surface area contributed by atoms with Gasteiger partial charge in [-0.2, -0.15) is 0 Å². The van der Waals surface area contributed by atoms with E-state index in [0.717, 1.165) is 22.2 Å². The van der Waals surface area contributed by atoms with Crippen molar-refractivity contribution in [3.63, 3.8) is 0 Å². The Balaban J connectivity index is 1.73.